The standard InChI is InChI=1S/C25H32ClN3O4/c1-25(2,3)33-24(31)27-11-16-32-22-10-9-20(17-21(22)26)18-5-7-19(8-6-18)23(30)29-14-12-28(4)13-15-29/h5-10,17H,11-16H2,1-4H3,(H,27,31). The Morgan fingerprint density at radius 1 is 1.00 bits per heavy atom. The maximum absolute atomic E-state index is 12.7. The van der Waals surface area contributed by atoms with Crippen LogP contribution in [0, 0.1) is 0 Å². The molecule has 8 heteroatoms. The molecule has 1 saturated heterocycles. The van der Waals surface area contributed by atoms with Gasteiger partial charge in [0.1, 0.15) is 18.0 Å². The molecule has 7 nitrogen and oxygen atoms in total. The number of nitrogens with zero attached hydrogens (tertiary/aromatic N) is 2. The first-order valence-electron chi connectivity index (χ1n) is 11.1. The predicted molar refractivity (Wildman–Crippen MR) is 130 cm³/mol. The highest BCUT2D eigenvalue weighted by Gasteiger charge is 2.20. The first-order chi connectivity index (χ1) is 15.6. The number of ether oxygens (including phenoxy) is 2. The Bertz CT molecular complexity index is 965. The normalized spacial score (nSPS) is 14.6. The number of hydrogen-bond donors (Lipinski definition) is 1. The van der Waals surface area contributed by atoms with Crippen molar-refractivity contribution >= 4 is 23.6 Å². The van der Waals surface area contributed by atoms with Gasteiger partial charge in [-0.25, -0.2) is 4.79 Å². The lowest BCUT2D eigenvalue weighted by atomic mass is 10.0. The maximum atomic E-state index is 12.7. The van der Waals surface area contributed by atoms with Gasteiger partial charge < -0.3 is 24.6 Å². The minimum Gasteiger partial charge on any atom is -0.490 e. The smallest absolute Gasteiger partial charge is 0.407 e. The molecule has 0 radical (unpaired) electrons. The van der Waals surface area contributed by atoms with Gasteiger partial charge in [0, 0.05) is 31.7 Å². The summed E-state index contributed by atoms with van der Waals surface area (Å²) in [6.07, 6.45) is -0.484. The number of likely N-dealkylation sites (N-methyl/N-ethyl adjacent to an activating group) is 1. The van der Waals surface area contributed by atoms with E-state index in [4.69, 9.17) is 21.1 Å². The lowest BCUT2D eigenvalue weighted by Gasteiger charge is -2.32. The van der Waals surface area contributed by atoms with Crippen LogP contribution in [0.5, 0.6) is 5.75 Å². The molecule has 0 atom stereocenters. The number of alkyl carbamates (subject to hydrolysis) is 1. The van der Waals surface area contributed by atoms with Crippen molar-refractivity contribution in [3.63, 3.8) is 0 Å². The van der Waals surface area contributed by atoms with Gasteiger partial charge in [-0.15, -0.1) is 0 Å². The Hall–Kier alpha value is -2.77. The number of piperazine rings is 1. The summed E-state index contributed by atoms with van der Waals surface area (Å²) in [5.41, 5.74) is 2.04. The minimum absolute atomic E-state index is 0.0661. The Labute approximate surface area is 200 Å². The highest BCUT2D eigenvalue weighted by molar-refractivity contribution is 6.32. The summed E-state index contributed by atoms with van der Waals surface area (Å²) in [4.78, 5) is 28.5. The molecule has 0 unspecified atom stereocenters. The SMILES string of the molecule is CN1CCN(C(=O)c2ccc(-c3ccc(OCCNC(=O)OC(C)(C)C)c(Cl)c3)cc2)CC1. The Kier molecular flexibility index (Phi) is 8.21. The van der Waals surface area contributed by atoms with Crippen LogP contribution >= 0.6 is 11.6 Å². The molecule has 0 aliphatic carbocycles. The van der Waals surface area contributed by atoms with Crippen molar-refractivity contribution in [2.75, 3.05) is 46.4 Å². The minimum atomic E-state index is -0.542. The van der Waals surface area contributed by atoms with Crippen LogP contribution in [0.3, 0.4) is 0 Å². The Balaban J connectivity index is 1.54. The highest BCUT2D eigenvalue weighted by Crippen LogP contribution is 2.30. The van der Waals surface area contributed by atoms with Gasteiger partial charge in [-0.3, -0.25) is 4.79 Å². The van der Waals surface area contributed by atoms with Crippen LogP contribution in [-0.2, 0) is 4.74 Å². The number of carbonyl (C=O) groups excluding carboxylic acids is 2. The van der Waals surface area contributed by atoms with Crippen LogP contribution in [0.4, 0.5) is 4.79 Å². The zero-order chi connectivity index (χ0) is 24.0. The average Bonchev–Trinajstić information content (AvgIpc) is 2.76. The summed E-state index contributed by atoms with van der Waals surface area (Å²) >= 11 is 6.40. The maximum Gasteiger partial charge on any atom is 0.407 e. The number of rotatable bonds is 6. The van der Waals surface area contributed by atoms with Crippen LogP contribution in [-0.4, -0.2) is 73.8 Å². The van der Waals surface area contributed by atoms with Crippen molar-refractivity contribution in [1.82, 2.24) is 15.1 Å². The van der Waals surface area contributed by atoms with Crippen LogP contribution in [0.1, 0.15) is 31.1 Å². The quantitative estimate of drug-likeness (QED) is 0.633. The molecule has 2 amide bonds. The van der Waals surface area contributed by atoms with Crippen LogP contribution in [0.15, 0.2) is 42.5 Å². The van der Waals surface area contributed by atoms with E-state index in [1.807, 2.05) is 62.1 Å². The van der Waals surface area contributed by atoms with E-state index in [1.165, 1.54) is 0 Å². The number of nitrogens with one attached hydrogen (secondary N) is 1. The zero-order valence-corrected chi connectivity index (χ0v) is 20.4. The molecular weight excluding hydrogens is 442 g/mol. The lowest BCUT2D eigenvalue weighted by molar-refractivity contribution is 0.0519. The molecule has 0 bridgehead atoms. The molecule has 3 rings (SSSR count). The monoisotopic (exact) mass is 473 g/mol. The molecule has 0 aromatic heterocycles. The second kappa shape index (κ2) is 10.9. The van der Waals surface area contributed by atoms with Crippen LogP contribution < -0.4 is 10.1 Å². The van der Waals surface area contributed by atoms with Gasteiger partial charge in [0.2, 0.25) is 0 Å². The van der Waals surface area contributed by atoms with E-state index in [2.05, 4.69) is 17.3 Å². The summed E-state index contributed by atoms with van der Waals surface area (Å²) < 4.78 is 10.9. The summed E-state index contributed by atoms with van der Waals surface area (Å²) in [5.74, 6) is 0.602. The van der Waals surface area contributed by atoms with Crippen molar-refractivity contribution in [3.8, 4) is 16.9 Å². The van der Waals surface area contributed by atoms with Gasteiger partial charge in [0.25, 0.3) is 5.91 Å². The second-order valence-corrected chi connectivity index (χ2v) is 9.50. The van der Waals surface area contributed by atoms with E-state index in [1.54, 1.807) is 6.07 Å². The summed E-state index contributed by atoms with van der Waals surface area (Å²) in [7, 11) is 2.07. The van der Waals surface area contributed by atoms with Crippen molar-refractivity contribution in [3.05, 3.63) is 53.1 Å². The van der Waals surface area contributed by atoms with E-state index in [0.717, 1.165) is 37.3 Å². The summed E-state index contributed by atoms with van der Waals surface area (Å²) in [5, 5.41) is 3.12. The average molecular weight is 474 g/mol. The fourth-order valence-electron chi connectivity index (χ4n) is 3.42. The van der Waals surface area contributed by atoms with Gasteiger partial charge in [-0.1, -0.05) is 29.8 Å². The zero-order valence-electron chi connectivity index (χ0n) is 19.7. The number of carbonyl (C=O) groups is 2. The largest absolute Gasteiger partial charge is 0.490 e. The van der Waals surface area contributed by atoms with Crippen LogP contribution in [0.2, 0.25) is 5.02 Å². The molecule has 1 aliphatic rings. The Morgan fingerprint density at radius 3 is 2.24 bits per heavy atom. The summed E-state index contributed by atoms with van der Waals surface area (Å²) in [6, 6.07) is 13.1. The summed E-state index contributed by atoms with van der Waals surface area (Å²) in [6.45, 7) is 9.29. The lowest BCUT2D eigenvalue weighted by Crippen LogP contribution is -2.47. The molecule has 2 aromatic carbocycles. The van der Waals surface area contributed by atoms with Gasteiger partial charge in [0.15, 0.2) is 0 Å². The molecule has 1 heterocycles. The van der Waals surface area contributed by atoms with Crippen molar-refractivity contribution in [1.29, 1.82) is 0 Å². The molecule has 33 heavy (non-hydrogen) atoms. The first-order valence-corrected chi connectivity index (χ1v) is 11.5. The molecule has 1 fully saturated rings. The molecule has 0 spiro atoms. The van der Waals surface area contributed by atoms with E-state index in [-0.39, 0.29) is 12.5 Å². The van der Waals surface area contributed by atoms with Crippen molar-refractivity contribution in [2.24, 2.45) is 0 Å². The van der Waals surface area contributed by atoms with E-state index in [0.29, 0.717) is 22.9 Å². The second-order valence-electron chi connectivity index (χ2n) is 9.10. The molecule has 178 valence electrons. The molecule has 2 aromatic rings. The fraction of sp³-hybridized carbons (Fsp3) is 0.440. The predicted octanol–water partition coefficient (Wildman–Crippen LogP) is 4.30. The van der Waals surface area contributed by atoms with Crippen LogP contribution in [0.25, 0.3) is 11.1 Å². The van der Waals surface area contributed by atoms with Crippen molar-refractivity contribution in [2.45, 2.75) is 26.4 Å². The fourth-order valence-corrected chi connectivity index (χ4v) is 3.66. The third-order valence-corrected chi connectivity index (χ3v) is 5.51. The van der Waals surface area contributed by atoms with Crippen molar-refractivity contribution < 1.29 is 19.1 Å². The van der Waals surface area contributed by atoms with Gasteiger partial charge in [0.05, 0.1) is 11.6 Å². The Morgan fingerprint density at radius 2 is 1.64 bits per heavy atom. The third kappa shape index (κ3) is 7.37. The molecule has 1 aliphatic heterocycles. The third-order valence-electron chi connectivity index (χ3n) is 5.22. The van der Waals surface area contributed by atoms with E-state index in [9.17, 15) is 9.59 Å². The van der Waals surface area contributed by atoms with Gasteiger partial charge in [-0.2, -0.15) is 0 Å². The highest BCUT2D eigenvalue weighted by atomic mass is 35.5. The van der Waals surface area contributed by atoms with E-state index >= 15 is 0 Å². The van der Waals surface area contributed by atoms with Gasteiger partial charge in [-0.05, 0) is 63.2 Å². The molecule has 0 saturated carbocycles. The number of hydrogen-bond acceptors (Lipinski definition) is 5. The molecular formula is C25H32ClN3O4. The first kappa shape index (κ1) is 24.9. The number of halogens is 1. The van der Waals surface area contributed by atoms with E-state index < -0.39 is 11.7 Å². The molecule has 1 N–H and O–H groups in total. The van der Waals surface area contributed by atoms with Gasteiger partial charge >= 0.3 is 6.09 Å². The number of benzene rings is 2. The number of amides is 2. The topological polar surface area (TPSA) is 71.1 Å².